The van der Waals surface area contributed by atoms with Crippen LogP contribution in [0.1, 0.15) is 43.0 Å². The van der Waals surface area contributed by atoms with Gasteiger partial charge < -0.3 is 15.2 Å². The smallest absolute Gasteiger partial charge is 0.342 e. The first kappa shape index (κ1) is 17.3. The summed E-state index contributed by atoms with van der Waals surface area (Å²) in [5, 5.41) is 14.6. The summed E-state index contributed by atoms with van der Waals surface area (Å²) in [5.74, 6) is -0.676. The number of nitrogens with one attached hydrogen (secondary N) is 1. The molecule has 0 unspecified atom stereocenters. The second-order valence-electron chi connectivity index (χ2n) is 6.69. The summed E-state index contributed by atoms with van der Waals surface area (Å²) in [7, 11) is 0. The van der Waals surface area contributed by atoms with Crippen LogP contribution in [0.3, 0.4) is 0 Å². The average Bonchev–Trinajstić information content (AvgIpc) is 2.62. The number of phenols is 1. The average molecular weight is 341 g/mol. The van der Waals surface area contributed by atoms with Gasteiger partial charge in [0.2, 0.25) is 0 Å². The number of hydrogen-bond acceptors (Lipinski definition) is 4. The standard InChI is InChI=1S/C20H23NO4/c1-13-6-2-5-9-17(13)21-18(22)12-25-20(24)16-11-10-14-7-3-4-8-15(14)19(16)23/h3-4,7-8,10-11,13,17,23H,2,5-6,9,12H2,1H3,(H,21,22)/t13-,17-/m0/s1. The van der Waals surface area contributed by atoms with Crippen molar-refractivity contribution in [1.82, 2.24) is 5.32 Å². The van der Waals surface area contributed by atoms with Crippen molar-refractivity contribution < 1.29 is 19.4 Å². The van der Waals surface area contributed by atoms with E-state index in [0.29, 0.717) is 11.3 Å². The molecule has 1 aliphatic rings. The Morgan fingerprint density at radius 3 is 2.72 bits per heavy atom. The van der Waals surface area contributed by atoms with Crippen LogP contribution in [0.15, 0.2) is 36.4 Å². The maximum absolute atomic E-state index is 12.2. The van der Waals surface area contributed by atoms with Gasteiger partial charge in [-0.05, 0) is 30.2 Å². The van der Waals surface area contributed by atoms with Crippen molar-refractivity contribution in [2.24, 2.45) is 5.92 Å². The number of amides is 1. The molecule has 1 aliphatic carbocycles. The van der Waals surface area contributed by atoms with Gasteiger partial charge in [-0.1, -0.05) is 50.1 Å². The number of phenolic OH excluding ortho intramolecular Hbond substituents is 1. The van der Waals surface area contributed by atoms with E-state index < -0.39 is 5.97 Å². The third-order valence-electron chi connectivity index (χ3n) is 4.91. The summed E-state index contributed by atoms with van der Waals surface area (Å²) in [5.41, 5.74) is 0.0672. The number of rotatable bonds is 4. The highest BCUT2D eigenvalue weighted by molar-refractivity contribution is 6.01. The number of ether oxygens (including phenoxy) is 1. The SMILES string of the molecule is C[C@H]1CCCC[C@@H]1NC(=O)COC(=O)c1ccc2ccccc2c1O. The molecule has 1 amide bonds. The molecule has 0 saturated heterocycles. The normalized spacial score (nSPS) is 20.2. The Balaban J connectivity index is 1.61. The van der Waals surface area contributed by atoms with Crippen LogP contribution in [0, 0.1) is 5.92 Å². The fourth-order valence-electron chi connectivity index (χ4n) is 3.41. The number of aromatic hydroxyl groups is 1. The summed E-state index contributed by atoms with van der Waals surface area (Å²) in [6.07, 6.45) is 4.38. The van der Waals surface area contributed by atoms with E-state index in [-0.39, 0.29) is 29.9 Å². The van der Waals surface area contributed by atoms with E-state index >= 15 is 0 Å². The molecule has 0 radical (unpaired) electrons. The van der Waals surface area contributed by atoms with E-state index in [0.717, 1.165) is 24.6 Å². The van der Waals surface area contributed by atoms with Crippen LogP contribution >= 0.6 is 0 Å². The summed E-state index contributed by atoms with van der Waals surface area (Å²) >= 11 is 0. The van der Waals surface area contributed by atoms with Crippen molar-refractivity contribution in [1.29, 1.82) is 0 Å². The van der Waals surface area contributed by atoms with Crippen LogP contribution in [-0.4, -0.2) is 29.6 Å². The Bertz CT molecular complexity index is 786. The predicted molar refractivity (Wildman–Crippen MR) is 95.5 cm³/mol. The van der Waals surface area contributed by atoms with Crippen LogP contribution in [-0.2, 0) is 9.53 Å². The predicted octanol–water partition coefficient (Wildman–Crippen LogP) is 3.40. The Morgan fingerprint density at radius 2 is 1.92 bits per heavy atom. The van der Waals surface area contributed by atoms with Crippen molar-refractivity contribution >= 4 is 22.6 Å². The molecule has 0 bridgehead atoms. The lowest BCUT2D eigenvalue weighted by atomic mass is 9.86. The van der Waals surface area contributed by atoms with Gasteiger partial charge in [0.1, 0.15) is 11.3 Å². The highest BCUT2D eigenvalue weighted by atomic mass is 16.5. The first-order chi connectivity index (χ1) is 12.1. The molecule has 0 aliphatic heterocycles. The molecule has 132 valence electrons. The molecule has 1 saturated carbocycles. The van der Waals surface area contributed by atoms with Crippen LogP contribution in [0.4, 0.5) is 0 Å². The van der Waals surface area contributed by atoms with Gasteiger partial charge in [-0.3, -0.25) is 4.79 Å². The molecule has 3 rings (SSSR count). The molecule has 2 aromatic rings. The van der Waals surface area contributed by atoms with E-state index in [1.807, 2.05) is 12.1 Å². The summed E-state index contributed by atoms with van der Waals surface area (Å²) < 4.78 is 5.09. The summed E-state index contributed by atoms with van der Waals surface area (Å²) in [6.45, 7) is 1.79. The lowest BCUT2D eigenvalue weighted by Gasteiger charge is -2.29. The largest absolute Gasteiger partial charge is 0.506 e. The molecule has 2 atom stereocenters. The molecule has 1 fully saturated rings. The molecule has 0 aromatic heterocycles. The maximum Gasteiger partial charge on any atom is 0.342 e. The monoisotopic (exact) mass is 341 g/mol. The van der Waals surface area contributed by atoms with E-state index in [1.54, 1.807) is 18.2 Å². The second kappa shape index (κ2) is 7.55. The highest BCUT2D eigenvalue weighted by Crippen LogP contribution is 2.29. The molecule has 25 heavy (non-hydrogen) atoms. The van der Waals surface area contributed by atoms with Crippen molar-refractivity contribution in [3.05, 3.63) is 42.0 Å². The van der Waals surface area contributed by atoms with Gasteiger partial charge in [0.15, 0.2) is 6.61 Å². The van der Waals surface area contributed by atoms with Crippen LogP contribution in [0.2, 0.25) is 0 Å². The van der Waals surface area contributed by atoms with Crippen molar-refractivity contribution in [3.8, 4) is 5.75 Å². The van der Waals surface area contributed by atoms with Crippen molar-refractivity contribution in [3.63, 3.8) is 0 Å². The van der Waals surface area contributed by atoms with Gasteiger partial charge in [0.05, 0.1) is 0 Å². The van der Waals surface area contributed by atoms with Gasteiger partial charge in [-0.15, -0.1) is 0 Å². The quantitative estimate of drug-likeness (QED) is 0.836. The molecular weight excluding hydrogens is 318 g/mol. The van der Waals surface area contributed by atoms with Crippen LogP contribution in [0.25, 0.3) is 10.8 Å². The van der Waals surface area contributed by atoms with Crippen LogP contribution < -0.4 is 5.32 Å². The van der Waals surface area contributed by atoms with E-state index in [2.05, 4.69) is 12.2 Å². The molecule has 2 aromatic carbocycles. The van der Waals surface area contributed by atoms with E-state index in [9.17, 15) is 14.7 Å². The fraction of sp³-hybridized carbons (Fsp3) is 0.400. The highest BCUT2D eigenvalue weighted by Gasteiger charge is 2.23. The third-order valence-corrected chi connectivity index (χ3v) is 4.91. The minimum absolute atomic E-state index is 0.0672. The van der Waals surface area contributed by atoms with E-state index in [4.69, 9.17) is 4.74 Å². The number of carbonyl (C=O) groups is 2. The topological polar surface area (TPSA) is 75.6 Å². The molecule has 0 spiro atoms. The lowest BCUT2D eigenvalue weighted by molar-refractivity contribution is -0.125. The zero-order valence-electron chi connectivity index (χ0n) is 14.3. The minimum atomic E-state index is -0.699. The minimum Gasteiger partial charge on any atom is -0.506 e. The number of esters is 1. The maximum atomic E-state index is 12.2. The molecule has 5 nitrogen and oxygen atoms in total. The van der Waals surface area contributed by atoms with Crippen molar-refractivity contribution in [2.45, 2.75) is 38.6 Å². The second-order valence-corrected chi connectivity index (χ2v) is 6.69. The molecular formula is C20H23NO4. The summed E-state index contributed by atoms with van der Waals surface area (Å²) in [4.78, 5) is 24.2. The van der Waals surface area contributed by atoms with Gasteiger partial charge in [-0.25, -0.2) is 4.79 Å². The third kappa shape index (κ3) is 3.92. The Morgan fingerprint density at radius 1 is 1.16 bits per heavy atom. The zero-order valence-corrected chi connectivity index (χ0v) is 14.3. The van der Waals surface area contributed by atoms with Crippen LogP contribution in [0.5, 0.6) is 5.75 Å². The number of fused-ring (bicyclic) bond motifs is 1. The Hall–Kier alpha value is -2.56. The van der Waals surface area contributed by atoms with Gasteiger partial charge in [-0.2, -0.15) is 0 Å². The van der Waals surface area contributed by atoms with Gasteiger partial charge in [0, 0.05) is 11.4 Å². The van der Waals surface area contributed by atoms with E-state index in [1.165, 1.54) is 12.5 Å². The van der Waals surface area contributed by atoms with Gasteiger partial charge >= 0.3 is 5.97 Å². The van der Waals surface area contributed by atoms with Gasteiger partial charge in [0.25, 0.3) is 5.91 Å². The molecule has 2 N–H and O–H groups in total. The first-order valence-corrected chi connectivity index (χ1v) is 8.73. The first-order valence-electron chi connectivity index (χ1n) is 8.73. The molecule has 0 heterocycles. The summed E-state index contributed by atoms with van der Waals surface area (Å²) in [6, 6.07) is 10.6. The number of carbonyl (C=O) groups excluding carboxylic acids is 2. The fourth-order valence-corrected chi connectivity index (χ4v) is 3.41. The molecule has 5 heteroatoms. The Kier molecular flexibility index (Phi) is 5.22. The zero-order chi connectivity index (χ0) is 17.8. The van der Waals surface area contributed by atoms with Crippen molar-refractivity contribution in [2.75, 3.05) is 6.61 Å². The number of hydrogen-bond donors (Lipinski definition) is 2. The Labute approximate surface area is 147 Å². The lowest BCUT2D eigenvalue weighted by Crippen LogP contribution is -2.42. The number of benzene rings is 2.